The second-order valence-electron chi connectivity index (χ2n) is 6.86. The molecule has 0 atom stereocenters. The summed E-state index contributed by atoms with van der Waals surface area (Å²) in [6.07, 6.45) is 0. The van der Waals surface area contributed by atoms with Crippen LogP contribution in [0.25, 0.3) is 28.0 Å². The molecule has 6 nitrogen and oxygen atoms in total. The van der Waals surface area contributed by atoms with E-state index in [1.165, 1.54) is 6.07 Å². The highest BCUT2D eigenvalue weighted by Crippen LogP contribution is 2.25. The summed E-state index contributed by atoms with van der Waals surface area (Å²) in [6, 6.07) is 16.5. The van der Waals surface area contributed by atoms with Crippen molar-refractivity contribution >= 4 is 29.2 Å². The van der Waals surface area contributed by atoms with Gasteiger partial charge in [-0.3, -0.25) is 14.3 Å². The van der Waals surface area contributed by atoms with Crippen molar-refractivity contribution in [1.82, 2.24) is 14.5 Å². The van der Waals surface area contributed by atoms with Crippen LogP contribution in [-0.4, -0.2) is 25.6 Å². The molecule has 2 heterocycles. The molecule has 4 rings (SSSR count). The summed E-state index contributed by atoms with van der Waals surface area (Å²) >= 11 is 5.40. The molecule has 0 saturated heterocycles. The number of H-pyrrole nitrogens is 1. The predicted octanol–water partition coefficient (Wildman–Crippen LogP) is 4.43. The topological polar surface area (TPSA) is 88.0 Å². The number of pyridine rings is 1. The highest BCUT2D eigenvalue weighted by molar-refractivity contribution is 7.71. The monoisotopic (exact) mass is 403 g/mol. The summed E-state index contributed by atoms with van der Waals surface area (Å²) in [5.41, 5.74) is 3.49. The van der Waals surface area contributed by atoms with Crippen LogP contribution in [-0.2, 0) is 0 Å². The van der Waals surface area contributed by atoms with E-state index in [4.69, 9.17) is 12.2 Å². The summed E-state index contributed by atoms with van der Waals surface area (Å²) in [4.78, 5) is 31.8. The number of hydrogen-bond donors (Lipinski definition) is 2. The minimum atomic E-state index is -1.20. The summed E-state index contributed by atoms with van der Waals surface area (Å²) in [7, 11) is 0. The molecule has 2 aromatic heterocycles. The Morgan fingerprint density at radius 2 is 1.79 bits per heavy atom. The number of rotatable bonds is 3. The van der Waals surface area contributed by atoms with Gasteiger partial charge in [0.05, 0.1) is 22.3 Å². The molecular formula is C22H17N3O3S. The molecule has 4 aromatic rings. The molecule has 2 aromatic carbocycles. The van der Waals surface area contributed by atoms with Gasteiger partial charge in [0.2, 0.25) is 0 Å². The van der Waals surface area contributed by atoms with Gasteiger partial charge in [0.1, 0.15) is 0 Å². The van der Waals surface area contributed by atoms with Crippen molar-refractivity contribution < 1.29 is 9.90 Å². The van der Waals surface area contributed by atoms with E-state index in [-0.39, 0.29) is 21.4 Å². The van der Waals surface area contributed by atoms with E-state index < -0.39 is 11.5 Å². The van der Waals surface area contributed by atoms with Gasteiger partial charge in [0, 0.05) is 5.56 Å². The van der Waals surface area contributed by atoms with Crippen molar-refractivity contribution in [1.29, 1.82) is 0 Å². The molecule has 0 fully saturated rings. The number of hydrogen-bond acceptors (Lipinski definition) is 4. The Kier molecular flexibility index (Phi) is 4.60. The Morgan fingerprint density at radius 1 is 1.07 bits per heavy atom. The Morgan fingerprint density at radius 3 is 2.45 bits per heavy atom. The van der Waals surface area contributed by atoms with Gasteiger partial charge >= 0.3 is 5.97 Å². The van der Waals surface area contributed by atoms with Crippen LogP contribution in [0.1, 0.15) is 21.5 Å². The number of benzene rings is 2. The molecule has 0 spiro atoms. The van der Waals surface area contributed by atoms with Crippen LogP contribution >= 0.6 is 12.2 Å². The number of nitrogens with one attached hydrogen (secondary N) is 1. The molecule has 0 saturated carbocycles. The van der Waals surface area contributed by atoms with Crippen LogP contribution < -0.4 is 5.56 Å². The standard InChI is InChI=1S/C22H17N3O3S/c1-12-6-8-14(9-7-12)17-11-16(21(27)28)18-19(23-17)25(22(29)24-20(18)26)15-5-3-4-13(2)10-15/h3-11H,1-2H3,(H,27,28)(H,24,26,29). The zero-order valence-corrected chi connectivity index (χ0v) is 16.6. The average Bonchev–Trinajstić information content (AvgIpc) is 2.67. The van der Waals surface area contributed by atoms with Crippen molar-refractivity contribution in [2.45, 2.75) is 13.8 Å². The lowest BCUT2D eigenvalue weighted by molar-refractivity contribution is 0.0699. The molecule has 29 heavy (non-hydrogen) atoms. The van der Waals surface area contributed by atoms with E-state index in [2.05, 4.69) is 9.97 Å². The number of carboxylic acids is 1. The Bertz CT molecular complexity index is 1390. The van der Waals surface area contributed by atoms with E-state index in [0.29, 0.717) is 11.4 Å². The van der Waals surface area contributed by atoms with Gasteiger partial charge in [0.25, 0.3) is 5.56 Å². The van der Waals surface area contributed by atoms with Gasteiger partial charge in [-0.2, -0.15) is 0 Å². The fourth-order valence-electron chi connectivity index (χ4n) is 3.28. The molecule has 0 radical (unpaired) electrons. The van der Waals surface area contributed by atoms with Crippen LogP contribution in [0.3, 0.4) is 0 Å². The smallest absolute Gasteiger partial charge is 0.336 e. The van der Waals surface area contributed by atoms with Crippen molar-refractivity contribution in [2.75, 3.05) is 0 Å². The number of aryl methyl sites for hydroxylation is 2. The van der Waals surface area contributed by atoms with Gasteiger partial charge in [-0.15, -0.1) is 0 Å². The molecule has 0 aliphatic heterocycles. The van der Waals surface area contributed by atoms with E-state index in [0.717, 1.165) is 16.7 Å². The van der Waals surface area contributed by atoms with E-state index >= 15 is 0 Å². The minimum Gasteiger partial charge on any atom is -0.478 e. The average molecular weight is 403 g/mol. The third kappa shape index (κ3) is 3.36. The molecular weight excluding hydrogens is 386 g/mol. The number of nitrogens with zero attached hydrogens (tertiary/aromatic N) is 2. The molecule has 144 valence electrons. The number of aromatic amines is 1. The van der Waals surface area contributed by atoms with E-state index in [9.17, 15) is 14.7 Å². The third-order valence-electron chi connectivity index (χ3n) is 4.70. The maximum Gasteiger partial charge on any atom is 0.336 e. The molecule has 0 aliphatic carbocycles. The zero-order valence-electron chi connectivity index (χ0n) is 15.8. The maximum absolute atomic E-state index is 12.6. The zero-order chi connectivity index (χ0) is 20.7. The summed E-state index contributed by atoms with van der Waals surface area (Å²) in [6.45, 7) is 3.91. The van der Waals surface area contributed by atoms with E-state index in [1.807, 2.05) is 62.4 Å². The maximum atomic E-state index is 12.6. The normalized spacial score (nSPS) is 11.0. The van der Waals surface area contributed by atoms with Crippen molar-refractivity contribution in [2.24, 2.45) is 0 Å². The Balaban J connectivity index is 2.16. The molecule has 0 unspecified atom stereocenters. The summed E-state index contributed by atoms with van der Waals surface area (Å²) in [5.74, 6) is -1.20. The third-order valence-corrected chi connectivity index (χ3v) is 4.99. The van der Waals surface area contributed by atoms with Crippen LogP contribution in [0.15, 0.2) is 59.4 Å². The first-order chi connectivity index (χ1) is 13.8. The minimum absolute atomic E-state index is 0.0107. The number of aromatic carboxylic acids is 1. The number of carboxylic acid groups (broad SMARTS) is 1. The predicted molar refractivity (Wildman–Crippen MR) is 114 cm³/mol. The van der Waals surface area contributed by atoms with Crippen molar-refractivity contribution in [3.63, 3.8) is 0 Å². The molecule has 0 amide bonds. The van der Waals surface area contributed by atoms with Gasteiger partial charge in [0.15, 0.2) is 10.4 Å². The largest absolute Gasteiger partial charge is 0.478 e. The summed E-state index contributed by atoms with van der Waals surface area (Å²) in [5, 5.41) is 9.77. The number of fused-ring (bicyclic) bond motifs is 1. The van der Waals surface area contributed by atoms with E-state index in [1.54, 1.807) is 4.57 Å². The SMILES string of the molecule is Cc1ccc(-c2cc(C(=O)O)c3c(=O)[nH]c(=S)n(-c4cccc(C)c4)c3n2)cc1. The lowest BCUT2D eigenvalue weighted by Gasteiger charge is -2.14. The Labute approximate surface area is 171 Å². The first kappa shape index (κ1) is 18.8. The molecule has 2 N–H and O–H groups in total. The van der Waals surface area contributed by atoms with Crippen LogP contribution in [0.2, 0.25) is 0 Å². The second kappa shape index (κ2) is 7.10. The van der Waals surface area contributed by atoms with Gasteiger partial charge < -0.3 is 5.11 Å². The summed E-state index contributed by atoms with van der Waals surface area (Å²) < 4.78 is 1.75. The van der Waals surface area contributed by atoms with Gasteiger partial charge in [-0.1, -0.05) is 42.0 Å². The lowest BCUT2D eigenvalue weighted by Crippen LogP contribution is -2.18. The number of aromatic nitrogens is 3. The van der Waals surface area contributed by atoms with Crippen LogP contribution in [0.5, 0.6) is 0 Å². The molecule has 7 heteroatoms. The van der Waals surface area contributed by atoms with Gasteiger partial charge in [-0.25, -0.2) is 9.78 Å². The fourth-order valence-corrected chi connectivity index (χ4v) is 3.56. The first-order valence-corrected chi connectivity index (χ1v) is 9.33. The van der Waals surface area contributed by atoms with Crippen molar-refractivity contribution in [3.05, 3.63) is 86.4 Å². The van der Waals surface area contributed by atoms with Gasteiger partial charge in [-0.05, 0) is 49.8 Å². The Hall–Kier alpha value is -3.58. The van der Waals surface area contributed by atoms with Crippen molar-refractivity contribution in [3.8, 4) is 16.9 Å². The molecule has 0 aliphatic rings. The number of carbonyl (C=O) groups is 1. The van der Waals surface area contributed by atoms with Crippen LogP contribution in [0, 0.1) is 18.6 Å². The quantitative estimate of drug-likeness (QED) is 0.494. The highest BCUT2D eigenvalue weighted by Gasteiger charge is 2.19. The molecule has 0 bridgehead atoms. The second-order valence-corrected chi connectivity index (χ2v) is 7.25. The lowest BCUT2D eigenvalue weighted by atomic mass is 10.1. The first-order valence-electron chi connectivity index (χ1n) is 8.92. The highest BCUT2D eigenvalue weighted by atomic mass is 32.1. The van der Waals surface area contributed by atoms with Crippen LogP contribution in [0.4, 0.5) is 0 Å². The fraction of sp³-hybridized carbons (Fsp3) is 0.0909.